The first-order valence-electron chi connectivity index (χ1n) is 3.42. The normalized spacial score (nSPS) is 27.3. The van der Waals surface area contributed by atoms with Gasteiger partial charge in [0.15, 0.2) is 0 Å². The summed E-state index contributed by atoms with van der Waals surface area (Å²) in [4.78, 5) is 0. The molecular weight excluding hydrogens is 116 g/mol. The lowest BCUT2D eigenvalue weighted by Gasteiger charge is -2.20. The molecule has 1 saturated heterocycles. The van der Waals surface area contributed by atoms with E-state index in [4.69, 9.17) is 9.47 Å². The molecule has 0 radical (unpaired) electrons. The lowest BCUT2D eigenvalue weighted by Crippen LogP contribution is -2.22. The van der Waals surface area contributed by atoms with Gasteiger partial charge < -0.3 is 9.47 Å². The minimum atomic E-state index is 0.0382. The van der Waals surface area contributed by atoms with Crippen molar-refractivity contribution in [3.63, 3.8) is 0 Å². The summed E-state index contributed by atoms with van der Waals surface area (Å²) in [6, 6.07) is 0. The lowest BCUT2D eigenvalue weighted by atomic mass is 10.0. The largest absolute Gasteiger partial charge is 0.355 e. The van der Waals surface area contributed by atoms with Crippen LogP contribution < -0.4 is 0 Å². The molecular formula is C7H14O2. The van der Waals surface area contributed by atoms with Crippen LogP contribution in [0.4, 0.5) is 0 Å². The van der Waals surface area contributed by atoms with Crippen LogP contribution >= 0.6 is 0 Å². The number of rotatable bonds is 0. The van der Waals surface area contributed by atoms with Crippen LogP contribution in [0.15, 0.2) is 0 Å². The van der Waals surface area contributed by atoms with E-state index in [0.29, 0.717) is 6.79 Å². The predicted octanol–water partition coefficient (Wildman–Crippen LogP) is 1.55. The third kappa shape index (κ3) is 2.33. The lowest BCUT2D eigenvalue weighted by molar-refractivity contribution is -0.105. The molecule has 1 heterocycles. The third-order valence-corrected chi connectivity index (χ3v) is 1.60. The Morgan fingerprint density at radius 3 is 2.89 bits per heavy atom. The van der Waals surface area contributed by atoms with E-state index in [-0.39, 0.29) is 5.60 Å². The highest BCUT2D eigenvalue weighted by Crippen LogP contribution is 2.18. The van der Waals surface area contributed by atoms with Crippen molar-refractivity contribution in [2.45, 2.75) is 32.3 Å². The maximum atomic E-state index is 5.37. The van der Waals surface area contributed by atoms with Gasteiger partial charge in [-0.1, -0.05) is 0 Å². The smallest absolute Gasteiger partial charge is 0.147 e. The quantitative estimate of drug-likeness (QED) is 0.495. The zero-order valence-electron chi connectivity index (χ0n) is 6.14. The van der Waals surface area contributed by atoms with E-state index in [1.54, 1.807) is 0 Å². The standard InChI is InChI=1S/C7H14O2/c1-7(2)4-3-5-8-6-9-7/h3-6H2,1-2H3. The molecule has 1 rings (SSSR count). The maximum absolute atomic E-state index is 5.37. The Hall–Kier alpha value is -0.0800. The van der Waals surface area contributed by atoms with Crippen molar-refractivity contribution in [3.8, 4) is 0 Å². The average molecular weight is 130 g/mol. The van der Waals surface area contributed by atoms with Gasteiger partial charge in [0.25, 0.3) is 0 Å². The van der Waals surface area contributed by atoms with Crippen LogP contribution in [0.2, 0.25) is 0 Å². The molecule has 0 bridgehead atoms. The second kappa shape index (κ2) is 2.67. The molecule has 54 valence electrons. The topological polar surface area (TPSA) is 18.5 Å². The molecule has 0 spiro atoms. The Kier molecular flexibility index (Phi) is 2.09. The van der Waals surface area contributed by atoms with Crippen molar-refractivity contribution in [2.75, 3.05) is 13.4 Å². The molecule has 1 fully saturated rings. The van der Waals surface area contributed by atoms with Crippen molar-refractivity contribution >= 4 is 0 Å². The highest BCUT2D eigenvalue weighted by molar-refractivity contribution is 4.68. The second-order valence-corrected chi connectivity index (χ2v) is 3.03. The Balaban J connectivity index is 2.36. The number of ether oxygens (including phenoxy) is 2. The van der Waals surface area contributed by atoms with Gasteiger partial charge >= 0.3 is 0 Å². The Morgan fingerprint density at radius 1 is 1.33 bits per heavy atom. The third-order valence-electron chi connectivity index (χ3n) is 1.60. The van der Waals surface area contributed by atoms with Crippen molar-refractivity contribution in [1.82, 2.24) is 0 Å². The van der Waals surface area contributed by atoms with Crippen molar-refractivity contribution in [1.29, 1.82) is 0 Å². The molecule has 0 aromatic carbocycles. The van der Waals surface area contributed by atoms with Gasteiger partial charge in [-0.2, -0.15) is 0 Å². The van der Waals surface area contributed by atoms with Crippen LogP contribution in [0.3, 0.4) is 0 Å². The molecule has 1 aliphatic heterocycles. The molecule has 0 unspecified atom stereocenters. The molecule has 0 aromatic rings. The highest BCUT2D eigenvalue weighted by atomic mass is 16.7. The van der Waals surface area contributed by atoms with E-state index >= 15 is 0 Å². The van der Waals surface area contributed by atoms with Crippen molar-refractivity contribution in [2.24, 2.45) is 0 Å². The van der Waals surface area contributed by atoms with Crippen LogP contribution in [0.5, 0.6) is 0 Å². The molecule has 0 saturated carbocycles. The van der Waals surface area contributed by atoms with Crippen LogP contribution in [0, 0.1) is 0 Å². The molecule has 0 N–H and O–H groups in total. The Morgan fingerprint density at radius 2 is 2.11 bits per heavy atom. The maximum Gasteiger partial charge on any atom is 0.147 e. The first kappa shape index (κ1) is 7.03. The van der Waals surface area contributed by atoms with Crippen LogP contribution in [0.1, 0.15) is 26.7 Å². The summed E-state index contributed by atoms with van der Waals surface area (Å²) in [5.74, 6) is 0. The van der Waals surface area contributed by atoms with Gasteiger partial charge in [0, 0.05) is 6.61 Å². The highest BCUT2D eigenvalue weighted by Gasteiger charge is 2.19. The van der Waals surface area contributed by atoms with Gasteiger partial charge in [-0.25, -0.2) is 0 Å². The molecule has 9 heavy (non-hydrogen) atoms. The van der Waals surface area contributed by atoms with Gasteiger partial charge in [-0.05, 0) is 26.7 Å². The van der Waals surface area contributed by atoms with Gasteiger partial charge in [0.2, 0.25) is 0 Å². The second-order valence-electron chi connectivity index (χ2n) is 3.03. The van der Waals surface area contributed by atoms with Gasteiger partial charge in [-0.3, -0.25) is 0 Å². The number of hydrogen-bond donors (Lipinski definition) is 0. The summed E-state index contributed by atoms with van der Waals surface area (Å²) >= 11 is 0. The van der Waals surface area contributed by atoms with E-state index in [1.807, 2.05) is 0 Å². The predicted molar refractivity (Wildman–Crippen MR) is 35.2 cm³/mol. The molecule has 2 heteroatoms. The first-order chi connectivity index (χ1) is 4.21. The Labute approximate surface area is 56.2 Å². The van der Waals surface area contributed by atoms with E-state index in [1.165, 1.54) is 0 Å². The van der Waals surface area contributed by atoms with Gasteiger partial charge in [0.1, 0.15) is 6.79 Å². The monoisotopic (exact) mass is 130 g/mol. The number of hydrogen-bond acceptors (Lipinski definition) is 2. The summed E-state index contributed by atoms with van der Waals surface area (Å²) in [6.45, 7) is 5.51. The fourth-order valence-corrected chi connectivity index (χ4v) is 0.932. The van der Waals surface area contributed by atoms with E-state index in [0.717, 1.165) is 19.4 Å². The van der Waals surface area contributed by atoms with Crippen molar-refractivity contribution in [3.05, 3.63) is 0 Å². The summed E-state index contributed by atoms with van der Waals surface area (Å²) in [5, 5.41) is 0. The zero-order valence-corrected chi connectivity index (χ0v) is 6.14. The van der Waals surface area contributed by atoms with E-state index in [2.05, 4.69) is 13.8 Å². The summed E-state index contributed by atoms with van der Waals surface area (Å²) in [7, 11) is 0. The SMILES string of the molecule is CC1(C)CCCOCO1. The summed E-state index contributed by atoms with van der Waals surface area (Å²) in [6.07, 6.45) is 2.22. The summed E-state index contributed by atoms with van der Waals surface area (Å²) in [5.41, 5.74) is 0.0382. The van der Waals surface area contributed by atoms with Crippen LogP contribution in [0.25, 0.3) is 0 Å². The first-order valence-corrected chi connectivity index (χ1v) is 3.42. The molecule has 0 aliphatic carbocycles. The Bertz CT molecular complexity index is 78.9. The summed E-state index contributed by atoms with van der Waals surface area (Å²) < 4.78 is 10.5. The minimum Gasteiger partial charge on any atom is -0.355 e. The van der Waals surface area contributed by atoms with Crippen molar-refractivity contribution < 1.29 is 9.47 Å². The van der Waals surface area contributed by atoms with Gasteiger partial charge in [-0.15, -0.1) is 0 Å². The fraction of sp³-hybridized carbons (Fsp3) is 1.00. The molecule has 0 atom stereocenters. The van der Waals surface area contributed by atoms with Gasteiger partial charge in [0.05, 0.1) is 5.60 Å². The average Bonchev–Trinajstić information content (AvgIpc) is 1.92. The van der Waals surface area contributed by atoms with E-state index < -0.39 is 0 Å². The van der Waals surface area contributed by atoms with E-state index in [9.17, 15) is 0 Å². The van der Waals surface area contributed by atoms with Crippen LogP contribution in [-0.4, -0.2) is 19.0 Å². The molecule has 0 aromatic heterocycles. The molecule has 1 aliphatic rings. The van der Waals surface area contributed by atoms with Crippen LogP contribution in [-0.2, 0) is 9.47 Å². The fourth-order valence-electron chi connectivity index (χ4n) is 0.932. The minimum absolute atomic E-state index is 0.0382. The zero-order chi connectivity index (χ0) is 6.74. The molecule has 2 nitrogen and oxygen atoms in total. The molecule has 0 amide bonds.